The van der Waals surface area contributed by atoms with E-state index in [1.807, 2.05) is 60.7 Å². The minimum Gasteiger partial charge on any atom is -0.445 e. The fourth-order valence-electron chi connectivity index (χ4n) is 2.97. The van der Waals surface area contributed by atoms with Gasteiger partial charge in [-0.3, -0.25) is 9.59 Å². The number of hydrogen-bond donors (Lipinski definition) is 4. The van der Waals surface area contributed by atoms with Crippen LogP contribution < -0.4 is 21.3 Å². The van der Waals surface area contributed by atoms with Crippen LogP contribution in [-0.2, 0) is 22.7 Å². The molecule has 0 atom stereocenters. The van der Waals surface area contributed by atoms with Crippen molar-refractivity contribution in [3.63, 3.8) is 0 Å². The zero-order valence-corrected chi connectivity index (χ0v) is 20.5. The standard InChI is InChI=1S/C26H28N6O6/c33-23(27-11-13-29-25(35)37-17-19-7-3-1-4-8-19)21-15-32-22(16-31-21)24(34)28-12-14-30-26(36)38-18-20-9-5-2-6-10-20/h1-10,15-16H,11-14,17-18H2,(H,27,33)(H,28,34)(H,29,35)(H,30,36). The molecule has 0 unspecified atom stereocenters. The third-order valence-corrected chi connectivity index (χ3v) is 4.90. The van der Waals surface area contributed by atoms with Crippen molar-refractivity contribution in [3.05, 3.63) is 95.6 Å². The number of carbonyl (C=O) groups is 4. The Labute approximate surface area is 219 Å². The maximum atomic E-state index is 12.2. The van der Waals surface area contributed by atoms with Crippen molar-refractivity contribution in [2.24, 2.45) is 0 Å². The van der Waals surface area contributed by atoms with Crippen molar-refractivity contribution in [1.82, 2.24) is 31.2 Å². The first-order chi connectivity index (χ1) is 18.5. The van der Waals surface area contributed by atoms with Gasteiger partial charge >= 0.3 is 12.2 Å². The molecule has 38 heavy (non-hydrogen) atoms. The largest absolute Gasteiger partial charge is 0.445 e. The van der Waals surface area contributed by atoms with Gasteiger partial charge in [-0.25, -0.2) is 19.6 Å². The van der Waals surface area contributed by atoms with Crippen molar-refractivity contribution in [2.45, 2.75) is 13.2 Å². The average Bonchev–Trinajstić information content (AvgIpc) is 2.96. The van der Waals surface area contributed by atoms with E-state index in [1.54, 1.807) is 0 Å². The molecule has 0 radical (unpaired) electrons. The van der Waals surface area contributed by atoms with Gasteiger partial charge in [-0.1, -0.05) is 60.7 Å². The lowest BCUT2D eigenvalue weighted by atomic mass is 10.2. The van der Waals surface area contributed by atoms with Crippen LogP contribution in [-0.4, -0.2) is 60.1 Å². The summed E-state index contributed by atoms with van der Waals surface area (Å²) in [7, 11) is 0. The zero-order chi connectivity index (χ0) is 27.0. The zero-order valence-electron chi connectivity index (χ0n) is 20.5. The molecular formula is C26H28N6O6. The van der Waals surface area contributed by atoms with Crippen LogP contribution in [0, 0.1) is 0 Å². The van der Waals surface area contributed by atoms with Crippen molar-refractivity contribution in [3.8, 4) is 0 Å². The van der Waals surface area contributed by atoms with Gasteiger partial charge in [0.05, 0.1) is 12.4 Å². The number of amides is 4. The molecule has 4 amide bonds. The summed E-state index contributed by atoms with van der Waals surface area (Å²) in [5.74, 6) is -1.02. The van der Waals surface area contributed by atoms with E-state index in [0.717, 1.165) is 11.1 Å². The molecule has 1 heterocycles. The average molecular weight is 521 g/mol. The van der Waals surface area contributed by atoms with Gasteiger partial charge in [0.25, 0.3) is 11.8 Å². The highest BCUT2D eigenvalue weighted by molar-refractivity contribution is 5.94. The summed E-state index contributed by atoms with van der Waals surface area (Å²) in [4.78, 5) is 55.7. The number of benzene rings is 2. The monoisotopic (exact) mass is 520 g/mol. The van der Waals surface area contributed by atoms with Crippen LogP contribution in [0.4, 0.5) is 9.59 Å². The Morgan fingerprint density at radius 2 is 0.921 bits per heavy atom. The van der Waals surface area contributed by atoms with Crippen molar-refractivity contribution in [1.29, 1.82) is 0 Å². The number of rotatable bonds is 12. The normalized spacial score (nSPS) is 10.1. The van der Waals surface area contributed by atoms with Gasteiger partial charge < -0.3 is 30.7 Å². The van der Waals surface area contributed by atoms with E-state index in [2.05, 4.69) is 31.2 Å². The first-order valence-electron chi connectivity index (χ1n) is 11.8. The van der Waals surface area contributed by atoms with E-state index in [9.17, 15) is 19.2 Å². The van der Waals surface area contributed by atoms with Crippen LogP contribution in [0.25, 0.3) is 0 Å². The molecule has 3 rings (SSSR count). The molecule has 0 fully saturated rings. The predicted octanol–water partition coefficient (Wildman–Crippen LogP) is 1.79. The van der Waals surface area contributed by atoms with Gasteiger partial charge in [0.2, 0.25) is 0 Å². The second-order valence-corrected chi connectivity index (χ2v) is 7.78. The van der Waals surface area contributed by atoms with Gasteiger partial charge in [0.1, 0.15) is 24.6 Å². The minimum absolute atomic E-state index is 0.0102. The van der Waals surface area contributed by atoms with Crippen molar-refractivity contribution in [2.75, 3.05) is 26.2 Å². The first-order valence-corrected chi connectivity index (χ1v) is 11.8. The summed E-state index contributed by atoms with van der Waals surface area (Å²) < 4.78 is 10.2. The van der Waals surface area contributed by atoms with Crippen LogP contribution in [0.2, 0.25) is 0 Å². The molecule has 3 aromatic rings. The van der Waals surface area contributed by atoms with E-state index in [0.29, 0.717) is 0 Å². The molecule has 12 heteroatoms. The molecule has 12 nitrogen and oxygen atoms in total. The Bertz CT molecular complexity index is 1100. The van der Waals surface area contributed by atoms with Crippen LogP contribution in [0.15, 0.2) is 73.1 Å². The molecule has 0 aliphatic carbocycles. The lowest BCUT2D eigenvalue weighted by Crippen LogP contribution is -2.36. The van der Waals surface area contributed by atoms with E-state index in [1.165, 1.54) is 12.4 Å². The second-order valence-electron chi connectivity index (χ2n) is 7.78. The Hall–Kier alpha value is -5.00. The Balaban J connectivity index is 1.27. The topological polar surface area (TPSA) is 161 Å². The summed E-state index contributed by atoms with van der Waals surface area (Å²) in [6, 6.07) is 18.5. The summed E-state index contributed by atoms with van der Waals surface area (Å²) in [6.45, 7) is 0.884. The van der Waals surface area contributed by atoms with Gasteiger partial charge in [0.15, 0.2) is 0 Å². The molecule has 1 aromatic heterocycles. The highest BCUT2D eigenvalue weighted by Gasteiger charge is 2.12. The van der Waals surface area contributed by atoms with Crippen molar-refractivity contribution >= 4 is 24.0 Å². The Morgan fingerprint density at radius 3 is 1.29 bits per heavy atom. The third kappa shape index (κ3) is 9.93. The number of alkyl carbamates (subject to hydrolysis) is 2. The van der Waals surface area contributed by atoms with Crippen molar-refractivity contribution < 1.29 is 28.7 Å². The molecule has 0 spiro atoms. The fraction of sp³-hybridized carbons (Fsp3) is 0.231. The quantitative estimate of drug-likeness (QED) is 0.263. The fourth-order valence-corrected chi connectivity index (χ4v) is 2.97. The van der Waals surface area contributed by atoms with E-state index in [-0.39, 0.29) is 50.8 Å². The number of nitrogens with zero attached hydrogens (tertiary/aromatic N) is 2. The lowest BCUT2D eigenvalue weighted by Gasteiger charge is -2.09. The molecule has 0 saturated carbocycles. The van der Waals surface area contributed by atoms with Gasteiger partial charge in [0, 0.05) is 26.2 Å². The predicted molar refractivity (Wildman–Crippen MR) is 136 cm³/mol. The van der Waals surface area contributed by atoms with Crippen LogP contribution in [0.5, 0.6) is 0 Å². The summed E-state index contributed by atoms with van der Waals surface area (Å²) in [5.41, 5.74) is 1.75. The molecule has 0 aliphatic rings. The molecule has 0 aliphatic heterocycles. The second kappa shape index (κ2) is 15.2. The Kier molecular flexibility index (Phi) is 11.0. The molecule has 0 saturated heterocycles. The minimum atomic E-state index is -0.600. The number of carbonyl (C=O) groups excluding carboxylic acids is 4. The van der Waals surface area contributed by atoms with E-state index in [4.69, 9.17) is 9.47 Å². The maximum absolute atomic E-state index is 12.2. The van der Waals surface area contributed by atoms with Gasteiger partial charge in [-0.05, 0) is 11.1 Å². The molecule has 4 N–H and O–H groups in total. The lowest BCUT2D eigenvalue weighted by molar-refractivity contribution is 0.0932. The van der Waals surface area contributed by atoms with Crippen LogP contribution in [0.3, 0.4) is 0 Å². The highest BCUT2D eigenvalue weighted by Crippen LogP contribution is 2.01. The smallest absolute Gasteiger partial charge is 0.407 e. The summed E-state index contributed by atoms with van der Waals surface area (Å²) in [6.07, 6.45) is 1.14. The number of ether oxygens (including phenoxy) is 2. The highest BCUT2D eigenvalue weighted by atomic mass is 16.6. The summed E-state index contributed by atoms with van der Waals surface area (Å²) in [5, 5.41) is 10.2. The molecule has 198 valence electrons. The number of aromatic nitrogens is 2. The van der Waals surface area contributed by atoms with Gasteiger partial charge in [-0.2, -0.15) is 0 Å². The third-order valence-electron chi connectivity index (χ3n) is 4.90. The van der Waals surface area contributed by atoms with E-state index < -0.39 is 24.0 Å². The summed E-state index contributed by atoms with van der Waals surface area (Å²) >= 11 is 0. The molecule has 2 aromatic carbocycles. The van der Waals surface area contributed by atoms with Crippen LogP contribution in [0.1, 0.15) is 32.1 Å². The Morgan fingerprint density at radius 1 is 0.553 bits per heavy atom. The first kappa shape index (κ1) is 27.6. The molecular weight excluding hydrogens is 492 g/mol. The number of nitrogens with one attached hydrogen (secondary N) is 4. The van der Waals surface area contributed by atoms with E-state index >= 15 is 0 Å². The van der Waals surface area contributed by atoms with Crippen LogP contribution >= 0.6 is 0 Å². The molecule has 0 bridgehead atoms. The SMILES string of the molecule is O=C(NCCNC(=O)c1cnc(C(=O)NCCNC(=O)OCc2ccccc2)cn1)OCc1ccccc1. The maximum Gasteiger partial charge on any atom is 0.407 e. The number of hydrogen-bond acceptors (Lipinski definition) is 8. The van der Waals surface area contributed by atoms with Gasteiger partial charge in [-0.15, -0.1) is 0 Å².